The normalized spacial score (nSPS) is 17.3. The van der Waals surface area contributed by atoms with E-state index < -0.39 is 0 Å². The molecule has 1 aliphatic carbocycles. The van der Waals surface area contributed by atoms with Crippen molar-refractivity contribution in [3.05, 3.63) is 12.2 Å². The number of allylic oxidation sites excluding steroid dienone is 1. The van der Waals surface area contributed by atoms with Gasteiger partial charge in [-0.2, -0.15) is 0 Å². The lowest BCUT2D eigenvalue weighted by Gasteiger charge is -2.13. The third-order valence-electron chi connectivity index (χ3n) is 1.91. The van der Waals surface area contributed by atoms with Crippen LogP contribution in [0.25, 0.3) is 0 Å². The highest BCUT2D eigenvalue weighted by atomic mass is 16.2. The SMILES string of the molecule is C/C=C/C(=O)N(C)CC1CC1. The molecule has 1 saturated carbocycles. The summed E-state index contributed by atoms with van der Waals surface area (Å²) in [4.78, 5) is 12.9. The molecule has 0 radical (unpaired) electrons. The summed E-state index contributed by atoms with van der Waals surface area (Å²) in [5.74, 6) is 0.911. The Morgan fingerprint density at radius 3 is 2.73 bits per heavy atom. The number of hydrogen-bond donors (Lipinski definition) is 0. The number of carbonyl (C=O) groups is 1. The maximum Gasteiger partial charge on any atom is 0.245 e. The van der Waals surface area contributed by atoms with Crippen molar-refractivity contribution in [2.24, 2.45) is 5.92 Å². The van der Waals surface area contributed by atoms with Gasteiger partial charge in [0, 0.05) is 13.6 Å². The molecule has 1 aliphatic rings. The molecular weight excluding hydrogens is 138 g/mol. The lowest BCUT2D eigenvalue weighted by Crippen LogP contribution is -2.26. The summed E-state index contributed by atoms with van der Waals surface area (Å²) in [6.07, 6.45) is 6.00. The van der Waals surface area contributed by atoms with Gasteiger partial charge in [-0.15, -0.1) is 0 Å². The van der Waals surface area contributed by atoms with E-state index >= 15 is 0 Å². The second kappa shape index (κ2) is 3.56. The van der Waals surface area contributed by atoms with E-state index in [4.69, 9.17) is 0 Å². The molecule has 0 heterocycles. The first kappa shape index (κ1) is 8.31. The Labute approximate surface area is 67.9 Å². The molecule has 62 valence electrons. The van der Waals surface area contributed by atoms with Gasteiger partial charge in [-0.3, -0.25) is 4.79 Å². The second-order valence-electron chi connectivity index (χ2n) is 3.16. The van der Waals surface area contributed by atoms with Gasteiger partial charge >= 0.3 is 0 Å². The number of amides is 1. The minimum Gasteiger partial charge on any atom is -0.342 e. The number of hydrogen-bond acceptors (Lipinski definition) is 1. The zero-order valence-corrected chi connectivity index (χ0v) is 7.21. The van der Waals surface area contributed by atoms with Crippen LogP contribution in [0.1, 0.15) is 19.8 Å². The first-order valence-electron chi connectivity index (χ1n) is 4.12. The molecule has 11 heavy (non-hydrogen) atoms. The zero-order valence-electron chi connectivity index (χ0n) is 7.21. The van der Waals surface area contributed by atoms with Crippen LogP contribution in [-0.4, -0.2) is 24.4 Å². The molecule has 0 aromatic rings. The van der Waals surface area contributed by atoms with Crippen LogP contribution < -0.4 is 0 Å². The summed E-state index contributed by atoms with van der Waals surface area (Å²) in [7, 11) is 1.86. The van der Waals surface area contributed by atoms with Crippen LogP contribution in [0.4, 0.5) is 0 Å². The van der Waals surface area contributed by atoms with Gasteiger partial charge in [-0.1, -0.05) is 6.08 Å². The maximum absolute atomic E-state index is 11.1. The second-order valence-corrected chi connectivity index (χ2v) is 3.16. The summed E-state index contributed by atoms with van der Waals surface area (Å²) in [5.41, 5.74) is 0. The molecule has 0 aromatic heterocycles. The van der Waals surface area contributed by atoms with Crippen LogP contribution in [-0.2, 0) is 4.79 Å². The van der Waals surface area contributed by atoms with Crippen molar-refractivity contribution in [1.82, 2.24) is 4.90 Å². The van der Waals surface area contributed by atoms with Crippen LogP contribution in [0.15, 0.2) is 12.2 Å². The largest absolute Gasteiger partial charge is 0.342 e. The predicted molar refractivity (Wildman–Crippen MR) is 45.2 cm³/mol. The molecule has 0 spiro atoms. The topological polar surface area (TPSA) is 20.3 Å². The average Bonchev–Trinajstić information content (AvgIpc) is 2.72. The Kier molecular flexibility index (Phi) is 2.69. The summed E-state index contributed by atoms with van der Waals surface area (Å²) in [5, 5.41) is 0. The molecule has 2 heteroatoms. The quantitative estimate of drug-likeness (QED) is 0.562. The van der Waals surface area contributed by atoms with Crippen LogP contribution in [0.2, 0.25) is 0 Å². The van der Waals surface area contributed by atoms with E-state index in [1.54, 1.807) is 17.1 Å². The Morgan fingerprint density at radius 2 is 2.27 bits per heavy atom. The molecule has 0 bridgehead atoms. The molecule has 0 atom stereocenters. The monoisotopic (exact) mass is 153 g/mol. The Hall–Kier alpha value is -0.790. The number of carbonyl (C=O) groups excluding carboxylic acids is 1. The van der Waals surface area contributed by atoms with Gasteiger partial charge in [-0.25, -0.2) is 0 Å². The minimum absolute atomic E-state index is 0.124. The van der Waals surface area contributed by atoms with Crippen molar-refractivity contribution in [3.8, 4) is 0 Å². The molecule has 0 aromatic carbocycles. The van der Waals surface area contributed by atoms with E-state index in [9.17, 15) is 4.79 Å². The van der Waals surface area contributed by atoms with E-state index in [-0.39, 0.29) is 5.91 Å². The van der Waals surface area contributed by atoms with Crippen molar-refractivity contribution in [1.29, 1.82) is 0 Å². The van der Waals surface area contributed by atoms with E-state index in [1.807, 2.05) is 14.0 Å². The smallest absolute Gasteiger partial charge is 0.245 e. The fraction of sp³-hybridized carbons (Fsp3) is 0.667. The van der Waals surface area contributed by atoms with Crippen molar-refractivity contribution in [3.63, 3.8) is 0 Å². The average molecular weight is 153 g/mol. The van der Waals surface area contributed by atoms with Gasteiger partial charge in [0.15, 0.2) is 0 Å². The predicted octanol–water partition coefficient (Wildman–Crippen LogP) is 1.43. The van der Waals surface area contributed by atoms with Gasteiger partial charge in [0.05, 0.1) is 0 Å². The molecule has 0 unspecified atom stereocenters. The summed E-state index contributed by atoms with van der Waals surface area (Å²) in [6.45, 7) is 2.80. The molecule has 1 amide bonds. The maximum atomic E-state index is 11.1. The number of rotatable bonds is 3. The van der Waals surface area contributed by atoms with Crippen LogP contribution in [0, 0.1) is 5.92 Å². The highest BCUT2D eigenvalue weighted by Gasteiger charge is 2.23. The zero-order chi connectivity index (χ0) is 8.27. The Morgan fingerprint density at radius 1 is 1.64 bits per heavy atom. The van der Waals surface area contributed by atoms with Crippen molar-refractivity contribution in [2.75, 3.05) is 13.6 Å². The van der Waals surface area contributed by atoms with E-state index in [1.165, 1.54) is 12.8 Å². The molecule has 2 nitrogen and oxygen atoms in total. The minimum atomic E-state index is 0.124. The lowest BCUT2D eigenvalue weighted by atomic mass is 10.3. The van der Waals surface area contributed by atoms with Crippen LogP contribution >= 0.6 is 0 Å². The van der Waals surface area contributed by atoms with Gasteiger partial charge in [0.1, 0.15) is 0 Å². The highest BCUT2D eigenvalue weighted by Crippen LogP contribution is 2.29. The van der Waals surface area contributed by atoms with Gasteiger partial charge in [0.25, 0.3) is 0 Å². The molecule has 1 rings (SSSR count). The standard InChI is InChI=1S/C9H15NO/c1-3-4-9(11)10(2)7-8-5-6-8/h3-4,8H,5-7H2,1-2H3/b4-3+. The molecule has 0 N–H and O–H groups in total. The van der Waals surface area contributed by atoms with Crippen molar-refractivity contribution < 1.29 is 4.79 Å². The molecule has 0 saturated heterocycles. The summed E-state index contributed by atoms with van der Waals surface area (Å²) in [6, 6.07) is 0. The summed E-state index contributed by atoms with van der Waals surface area (Å²) < 4.78 is 0. The third-order valence-corrected chi connectivity index (χ3v) is 1.91. The van der Waals surface area contributed by atoms with Gasteiger partial charge in [0.2, 0.25) is 5.91 Å². The first-order valence-corrected chi connectivity index (χ1v) is 4.12. The van der Waals surface area contributed by atoms with Crippen LogP contribution in [0.3, 0.4) is 0 Å². The van der Waals surface area contributed by atoms with E-state index in [0.717, 1.165) is 12.5 Å². The third kappa shape index (κ3) is 2.74. The van der Waals surface area contributed by atoms with Gasteiger partial charge < -0.3 is 4.90 Å². The van der Waals surface area contributed by atoms with Crippen molar-refractivity contribution >= 4 is 5.91 Å². The molecule has 0 aliphatic heterocycles. The fourth-order valence-electron chi connectivity index (χ4n) is 1.05. The number of likely N-dealkylation sites (N-methyl/N-ethyl adjacent to an activating group) is 1. The molecular formula is C9H15NO. The Bertz CT molecular complexity index is 170. The summed E-state index contributed by atoms with van der Waals surface area (Å²) >= 11 is 0. The number of nitrogens with zero attached hydrogens (tertiary/aromatic N) is 1. The van der Waals surface area contributed by atoms with Crippen molar-refractivity contribution in [2.45, 2.75) is 19.8 Å². The first-order chi connectivity index (χ1) is 5.24. The fourth-order valence-corrected chi connectivity index (χ4v) is 1.05. The Balaban J connectivity index is 2.26. The molecule has 1 fully saturated rings. The highest BCUT2D eigenvalue weighted by molar-refractivity contribution is 5.87. The van der Waals surface area contributed by atoms with Gasteiger partial charge in [-0.05, 0) is 31.8 Å². The lowest BCUT2D eigenvalue weighted by molar-refractivity contribution is -0.125. The van der Waals surface area contributed by atoms with E-state index in [0.29, 0.717) is 0 Å². The van der Waals surface area contributed by atoms with E-state index in [2.05, 4.69) is 0 Å². The van der Waals surface area contributed by atoms with Crippen LogP contribution in [0.5, 0.6) is 0 Å².